The first kappa shape index (κ1) is 17.8. The fourth-order valence-electron chi connectivity index (χ4n) is 2.23. The standard InChI is InChI=1S/C18H26N4O2/c1-12(2)8-9-19-18-20-13(3)10-17(22-18)21-15-11-14(23-4)6-7-16(15)24-5/h6-7,10-12H,8-9H2,1-5H3,(H2,19,20,21,22). The summed E-state index contributed by atoms with van der Waals surface area (Å²) in [6.45, 7) is 7.19. The Morgan fingerprint density at radius 3 is 2.54 bits per heavy atom. The number of benzene rings is 1. The maximum atomic E-state index is 5.39. The molecule has 1 heterocycles. The molecular formula is C18H26N4O2. The Hall–Kier alpha value is -2.50. The Labute approximate surface area is 143 Å². The molecule has 6 heteroatoms. The van der Waals surface area contributed by atoms with Gasteiger partial charge in [0.05, 0.1) is 19.9 Å². The zero-order valence-corrected chi connectivity index (χ0v) is 15.0. The molecule has 0 atom stereocenters. The van der Waals surface area contributed by atoms with Crippen LogP contribution in [0.1, 0.15) is 26.0 Å². The lowest BCUT2D eigenvalue weighted by Gasteiger charge is -2.14. The number of aromatic nitrogens is 2. The number of methoxy groups -OCH3 is 2. The minimum absolute atomic E-state index is 0.625. The molecule has 2 N–H and O–H groups in total. The molecule has 1 aromatic heterocycles. The first-order valence-electron chi connectivity index (χ1n) is 8.10. The van der Waals surface area contributed by atoms with Crippen LogP contribution < -0.4 is 20.1 Å². The maximum absolute atomic E-state index is 5.39. The van der Waals surface area contributed by atoms with Gasteiger partial charge in [0.25, 0.3) is 0 Å². The van der Waals surface area contributed by atoms with E-state index in [-0.39, 0.29) is 0 Å². The van der Waals surface area contributed by atoms with E-state index in [4.69, 9.17) is 9.47 Å². The van der Waals surface area contributed by atoms with Gasteiger partial charge in [-0.25, -0.2) is 4.98 Å². The van der Waals surface area contributed by atoms with Crippen molar-refractivity contribution in [2.45, 2.75) is 27.2 Å². The number of hydrogen-bond donors (Lipinski definition) is 2. The van der Waals surface area contributed by atoms with Crippen molar-refractivity contribution in [3.63, 3.8) is 0 Å². The molecule has 0 aliphatic heterocycles. The van der Waals surface area contributed by atoms with Crippen molar-refractivity contribution in [2.24, 2.45) is 5.92 Å². The average Bonchev–Trinajstić information content (AvgIpc) is 2.54. The van der Waals surface area contributed by atoms with Crippen molar-refractivity contribution >= 4 is 17.5 Å². The van der Waals surface area contributed by atoms with Crippen molar-refractivity contribution < 1.29 is 9.47 Å². The Kier molecular flexibility index (Phi) is 6.23. The summed E-state index contributed by atoms with van der Waals surface area (Å²) in [6, 6.07) is 7.49. The highest BCUT2D eigenvalue weighted by molar-refractivity contribution is 5.66. The van der Waals surface area contributed by atoms with E-state index >= 15 is 0 Å². The van der Waals surface area contributed by atoms with Gasteiger partial charge in [-0.15, -0.1) is 0 Å². The first-order valence-corrected chi connectivity index (χ1v) is 8.10. The van der Waals surface area contributed by atoms with Crippen LogP contribution in [0, 0.1) is 12.8 Å². The highest BCUT2D eigenvalue weighted by Crippen LogP contribution is 2.31. The summed E-state index contributed by atoms with van der Waals surface area (Å²) >= 11 is 0. The van der Waals surface area contributed by atoms with Gasteiger partial charge in [-0.05, 0) is 31.4 Å². The predicted octanol–water partition coefficient (Wildman–Crippen LogP) is 4.00. The molecule has 2 aromatic rings. The second kappa shape index (κ2) is 8.38. The van der Waals surface area contributed by atoms with Gasteiger partial charge in [-0.1, -0.05) is 13.8 Å². The molecule has 1 aromatic carbocycles. The minimum atomic E-state index is 0.625. The van der Waals surface area contributed by atoms with Crippen LogP contribution in [0.4, 0.5) is 17.5 Å². The number of ether oxygens (including phenoxy) is 2. The predicted molar refractivity (Wildman–Crippen MR) is 97.5 cm³/mol. The number of hydrogen-bond acceptors (Lipinski definition) is 6. The van der Waals surface area contributed by atoms with Crippen LogP contribution in [-0.4, -0.2) is 30.7 Å². The Morgan fingerprint density at radius 1 is 1.08 bits per heavy atom. The summed E-state index contributed by atoms with van der Waals surface area (Å²) in [5.74, 6) is 3.45. The molecule has 6 nitrogen and oxygen atoms in total. The third-order valence-corrected chi connectivity index (χ3v) is 3.53. The summed E-state index contributed by atoms with van der Waals surface area (Å²) < 4.78 is 10.7. The van der Waals surface area contributed by atoms with Gasteiger partial charge in [0.2, 0.25) is 5.95 Å². The lowest BCUT2D eigenvalue weighted by atomic mass is 10.1. The van der Waals surface area contributed by atoms with Crippen LogP contribution in [0.25, 0.3) is 0 Å². The van der Waals surface area contributed by atoms with Crippen molar-refractivity contribution in [1.82, 2.24) is 9.97 Å². The van der Waals surface area contributed by atoms with Gasteiger partial charge in [-0.2, -0.15) is 4.98 Å². The monoisotopic (exact) mass is 330 g/mol. The molecule has 0 amide bonds. The third kappa shape index (κ3) is 5.01. The molecule has 0 aliphatic rings. The SMILES string of the molecule is COc1ccc(OC)c(Nc2cc(C)nc(NCCC(C)C)n2)c1. The van der Waals surface area contributed by atoms with Crippen LogP contribution in [0.15, 0.2) is 24.3 Å². The minimum Gasteiger partial charge on any atom is -0.497 e. The molecular weight excluding hydrogens is 304 g/mol. The highest BCUT2D eigenvalue weighted by atomic mass is 16.5. The molecule has 0 unspecified atom stereocenters. The number of rotatable bonds is 8. The van der Waals surface area contributed by atoms with Crippen molar-refractivity contribution in [3.05, 3.63) is 30.0 Å². The van der Waals surface area contributed by atoms with Crippen LogP contribution in [0.5, 0.6) is 11.5 Å². The van der Waals surface area contributed by atoms with Crippen molar-refractivity contribution in [2.75, 3.05) is 31.4 Å². The quantitative estimate of drug-likeness (QED) is 0.762. The van der Waals surface area contributed by atoms with E-state index in [2.05, 4.69) is 34.4 Å². The maximum Gasteiger partial charge on any atom is 0.224 e. The molecule has 0 radical (unpaired) electrons. The van der Waals surface area contributed by atoms with E-state index in [0.29, 0.717) is 17.7 Å². The second-order valence-corrected chi connectivity index (χ2v) is 6.02. The van der Waals surface area contributed by atoms with E-state index in [1.54, 1.807) is 14.2 Å². The smallest absolute Gasteiger partial charge is 0.224 e. The largest absolute Gasteiger partial charge is 0.497 e. The molecule has 0 fully saturated rings. The number of nitrogens with zero attached hydrogens (tertiary/aromatic N) is 2. The van der Waals surface area contributed by atoms with Gasteiger partial charge in [-0.3, -0.25) is 0 Å². The summed E-state index contributed by atoms with van der Waals surface area (Å²) in [5, 5.41) is 6.56. The van der Waals surface area contributed by atoms with Gasteiger partial charge >= 0.3 is 0 Å². The van der Waals surface area contributed by atoms with Gasteiger partial charge < -0.3 is 20.1 Å². The van der Waals surface area contributed by atoms with Crippen LogP contribution in [0.2, 0.25) is 0 Å². The Bertz CT molecular complexity index is 674. The second-order valence-electron chi connectivity index (χ2n) is 6.02. The summed E-state index contributed by atoms with van der Waals surface area (Å²) in [5.41, 5.74) is 1.68. The lowest BCUT2D eigenvalue weighted by Crippen LogP contribution is -2.09. The van der Waals surface area contributed by atoms with Gasteiger partial charge in [0, 0.05) is 24.4 Å². The highest BCUT2D eigenvalue weighted by Gasteiger charge is 2.08. The molecule has 0 aliphatic carbocycles. The van der Waals surface area contributed by atoms with E-state index in [0.717, 1.165) is 35.8 Å². The molecule has 0 saturated heterocycles. The first-order chi connectivity index (χ1) is 11.5. The van der Waals surface area contributed by atoms with Crippen molar-refractivity contribution in [3.8, 4) is 11.5 Å². The van der Waals surface area contributed by atoms with E-state index in [9.17, 15) is 0 Å². The fourth-order valence-corrected chi connectivity index (χ4v) is 2.23. The summed E-state index contributed by atoms with van der Waals surface area (Å²) in [4.78, 5) is 8.96. The Balaban J connectivity index is 2.18. The van der Waals surface area contributed by atoms with Crippen LogP contribution in [0.3, 0.4) is 0 Å². The normalized spacial score (nSPS) is 10.6. The van der Waals surface area contributed by atoms with E-state index in [1.807, 2.05) is 31.2 Å². The molecule has 0 spiro atoms. The topological polar surface area (TPSA) is 68.3 Å². The molecule has 0 bridgehead atoms. The number of aryl methyl sites for hydroxylation is 1. The average molecular weight is 330 g/mol. The fraction of sp³-hybridized carbons (Fsp3) is 0.444. The van der Waals surface area contributed by atoms with Crippen molar-refractivity contribution in [1.29, 1.82) is 0 Å². The zero-order valence-electron chi connectivity index (χ0n) is 15.0. The number of anilines is 3. The van der Waals surface area contributed by atoms with Gasteiger partial charge in [0.15, 0.2) is 0 Å². The lowest BCUT2D eigenvalue weighted by molar-refractivity contribution is 0.405. The molecule has 130 valence electrons. The van der Waals surface area contributed by atoms with Crippen LogP contribution >= 0.6 is 0 Å². The van der Waals surface area contributed by atoms with Gasteiger partial charge in [0.1, 0.15) is 17.3 Å². The summed E-state index contributed by atoms with van der Waals surface area (Å²) in [6.07, 6.45) is 1.07. The Morgan fingerprint density at radius 2 is 1.88 bits per heavy atom. The van der Waals surface area contributed by atoms with E-state index < -0.39 is 0 Å². The number of nitrogens with one attached hydrogen (secondary N) is 2. The summed E-state index contributed by atoms with van der Waals surface area (Å²) in [7, 11) is 3.27. The molecule has 2 rings (SSSR count). The third-order valence-electron chi connectivity index (χ3n) is 3.53. The van der Waals surface area contributed by atoms with Crippen LogP contribution in [-0.2, 0) is 0 Å². The zero-order chi connectivity index (χ0) is 17.5. The molecule has 24 heavy (non-hydrogen) atoms. The molecule has 0 saturated carbocycles. The van der Waals surface area contributed by atoms with E-state index in [1.165, 1.54) is 0 Å².